The summed E-state index contributed by atoms with van der Waals surface area (Å²) in [6, 6.07) is 14.2. The lowest BCUT2D eigenvalue weighted by molar-refractivity contribution is -0.384. The molecule has 0 unspecified atom stereocenters. The van der Waals surface area contributed by atoms with Gasteiger partial charge < -0.3 is 10.3 Å². The van der Waals surface area contributed by atoms with Crippen molar-refractivity contribution in [2.75, 3.05) is 11.9 Å². The van der Waals surface area contributed by atoms with Crippen molar-refractivity contribution in [1.29, 1.82) is 0 Å². The summed E-state index contributed by atoms with van der Waals surface area (Å²) in [5.41, 5.74) is 2.58. The number of hydrogen-bond donors (Lipinski definition) is 2. The predicted molar refractivity (Wildman–Crippen MR) is 133 cm³/mol. The maximum Gasteiger partial charge on any atom is 0.332 e. The van der Waals surface area contributed by atoms with E-state index in [4.69, 9.17) is 0 Å². The molecule has 178 valence electrons. The van der Waals surface area contributed by atoms with Crippen molar-refractivity contribution in [1.82, 2.24) is 23.7 Å². The van der Waals surface area contributed by atoms with Crippen LogP contribution in [0.3, 0.4) is 0 Å². The van der Waals surface area contributed by atoms with E-state index >= 15 is 0 Å². The summed E-state index contributed by atoms with van der Waals surface area (Å²) >= 11 is 0. The fourth-order valence-electron chi connectivity index (χ4n) is 4.29. The second-order valence-corrected chi connectivity index (χ2v) is 8.36. The Morgan fingerprint density at radius 2 is 1.80 bits per heavy atom. The Morgan fingerprint density at radius 1 is 1.06 bits per heavy atom. The first-order valence-electron chi connectivity index (χ1n) is 11.0. The number of rotatable bonds is 7. The minimum atomic E-state index is -0.465. The summed E-state index contributed by atoms with van der Waals surface area (Å²) in [6.07, 6.45) is 2.69. The molecule has 2 aromatic carbocycles. The van der Waals surface area contributed by atoms with Crippen LogP contribution in [0.1, 0.15) is 11.1 Å². The second kappa shape index (κ2) is 8.60. The van der Waals surface area contributed by atoms with Crippen LogP contribution in [0, 0.1) is 10.1 Å². The van der Waals surface area contributed by atoms with Crippen molar-refractivity contribution in [3.8, 4) is 0 Å². The van der Waals surface area contributed by atoms with E-state index in [2.05, 4.69) is 21.4 Å². The Morgan fingerprint density at radius 3 is 2.54 bits per heavy atom. The molecule has 0 aliphatic carbocycles. The van der Waals surface area contributed by atoms with Crippen LogP contribution >= 0.6 is 0 Å². The molecule has 5 rings (SSSR count). The Balaban J connectivity index is 1.52. The van der Waals surface area contributed by atoms with Crippen LogP contribution in [0.25, 0.3) is 22.1 Å². The number of hydrogen-bond acceptors (Lipinski definition) is 6. The monoisotopic (exact) mass is 473 g/mol. The van der Waals surface area contributed by atoms with Gasteiger partial charge in [-0.1, -0.05) is 30.3 Å². The first-order valence-corrected chi connectivity index (χ1v) is 11.0. The molecule has 35 heavy (non-hydrogen) atoms. The normalized spacial score (nSPS) is 11.4. The van der Waals surface area contributed by atoms with E-state index in [9.17, 15) is 19.7 Å². The number of nitro groups is 1. The Hall–Kier alpha value is -4.67. The predicted octanol–water partition coefficient (Wildman–Crippen LogP) is 2.53. The van der Waals surface area contributed by atoms with Gasteiger partial charge in [-0.05, 0) is 23.6 Å². The minimum absolute atomic E-state index is 0.0142. The van der Waals surface area contributed by atoms with Gasteiger partial charge in [0, 0.05) is 49.9 Å². The van der Waals surface area contributed by atoms with Gasteiger partial charge in [-0.15, -0.1) is 0 Å². The molecule has 0 atom stereocenters. The third kappa shape index (κ3) is 3.86. The third-order valence-corrected chi connectivity index (χ3v) is 6.19. The topological polar surface area (TPSA) is 133 Å². The van der Waals surface area contributed by atoms with Gasteiger partial charge in [0.25, 0.3) is 11.2 Å². The summed E-state index contributed by atoms with van der Waals surface area (Å²) in [5, 5.41) is 15.5. The highest BCUT2D eigenvalue weighted by Gasteiger charge is 2.19. The minimum Gasteiger partial charge on any atom is -0.361 e. The van der Waals surface area contributed by atoms with Gasteiger partial charge in [0.2, 0.25) is 5.95 Å². The van der Waals surface area contributed by atoms with E-state index < -0.39 is 16.2 Å². The fourth-order valence-corrected chi connectivity index (χ4v) is 4.29. The van der Waals surface area contributed by atoms with Gasteiger partial charge in [0.15, 0.2) is 11.2 Å². The van der Waals surface area contributed by atoms with Crippen molar-refractivity contribution < 1.29 is 4.92 Å². The van der Waals surface area contributed by atoms with Crippen molar-refractivity contribution in [2.45, 2.75) is 13.0 Å². The zero-order valence-electron chi connectivity index (χ0n) is 19.2. The SMILES string of the molecule is Cn1c(=O)c2c(nc(NCCc3c[nH]c4ccccc34)n2Cc2ccc([N+](=O)[O-])cc2)n(C)c1=O. The first-order chi connectivity index (χ1) is 16.8. The molecule has 11 nitrogen and oxygen atoms in total. The molecule has 3 heterocycles. The molecule has 0 aliphatic rings. The van der Waals surface area contributed by atoms with E-state index in [1.165, 1.54) is 23.7 Å². The highest BCUT2D eigenvalue weighted by molar-refractivity contribution is 5.83. The van der Waals surface area contributed by atoms with Crippen LogP contribution in [-0.2, 0) is 27.1 Å². The number of anilines is 1. The standard InChI is InChI=1S/C24H23N7O4/c1-28-21-20(22(32)29(2)24(28)33)30(14-15-7-9-17(10-8-15)31(34)35)23(27-21)25-12-11-16-13-26-19-6-4-3-5-18(16)19/h3-10,13,26H,11-12,14H2,1-2H3,(H,25,27). The second-order valence-electron chi connectivity index (χ2n) is 8.36. The molecule has 0 radical (unpaired) electrons. The van der Waals surface area contributed by atoms with Crippen molar-refractivity contribution >= 4 is 33.7 Å². The summed E-state index contributed by atoms with van der Waals surface area (Å²) < 4.78 is 4.10. The zero-order valence-corrected chi connectivity index (χ0v) is 19.2. The Labute approximate surface area is 198 Å². The number of H-pyrrole nitrogens is 1. The number of benzene rings is 2. The van der Waals surface area contributed by atoms with Crippen LogP contribution in [0.2, 0.25) is 0 Å². The average Bonchev–Trinajstić information content (AvgIpc) is 3.44. The van der Waals surface area contributed by atoms with Crippen LogP contribution < -0.4 is 16.6 Å². The molecule has 2 N–H and O–H groups in total. The van der Waals surface area contributed by atoms with Crippen LogP contribution in [0.15, 0.2) is 64.3 Å². The molecular weight excluding hydrogens is 450 g/mol. The first kappa shape index (κ1) is 22.1. The largest absolute Gasteiger partial charge is 0.361 e. The lowest BCUT2D eigenvalue weighted by Gasteiger charge is -2.11. The van der Waals surface area contributed by atoms with Gasteiger partial charge in [-0.2, -0.15) is 4.98 Å². The summed E-state index contributed by atoms with van der Waals surface area (Å²) in [6.45, 7) is 0.789. The number of nitrogens with one attached hydrogen (secondary N) is 2. The molecule has 0 bridgehead atoms. The molecular formula is C24H23N7O4. The average molecular weight is 473 g/mol. The van der Waals surface area contributed by atoms with Gasteiger partial charge in [-0.25, -0.2) is 4.79 Å². The van der Waals surface area contributed by atoms with Crippen molar-refractivity contribution in [3.05, 3.63) is 96.8 Å². The van der Waals surface area contributed by atoms with E-state index in [0.29, 0.717) is 18.9 Å². The Bertz CT molecular complexity index is 1690. The fraction of sp³-hybridized carbons (Fsp3) is 0.208. The smallest absolute Gasteiger partial charge is 0.332 e. The maximum absolute atomic E-state index is 13.0. The molecule has 0 spiro atoms. The Kier molecular flexibility index (Phi) is 5.44. The number of imidazole rings is 1. The molecule has 0 aliphatic heterocycles. The number of non-ortho nitro benzene ring substituents is 1. The lowest BCUT2D eigenvalue weighted by atomic mass is 10.1. The van der Waals surface area contributed by atoms with Crippen molar-refractivity contribution in [2.24, 2.45) is 14.1 Å². The van der Waals surface area contributed by atoms with Gasteiger partial charge in [-0.3, -0.25) is 28.6 Å². The molecule has 0 saturated carbocycles. The number of fused-ring (bicyclic) bond motifs is 2. The number of nitro benzene ring substituents is 1. The number of aromatic amines is 1. The summed E-state index contributed by atoms with van der Waals surface area (Å²) in [4.78, 5) is 43.9. The van der Waals surface area contributed by atoms with Gasteiger partial charge >= 0.3 is 5.69 Å². The van der Waals surface area contributed by atoms with E-state index in [1.54, 1.807) is 23.7 Å². The van der Waals surface area contributed by atoms with Gasteiger partial charge in [0.05, 0.1) is 11.5 Å². The molecule has 0 saturated heterocycles. The molecule has 0 amide bonds. The van der Waals surface area contributed by atoms with Crippen LogP contribution in [-0.4, -0.2) is 35.1 Å². The van der Waals surface area contributed by atoms with Crippen LogP contribution in [0.4, 0.5) is 11.6 Å². The molecule has 5 aromatic rings. The quantitative estimate of drug-likeness (QED) is 0.276. The number of para-hydroxylation sites is 1. The van der Waals surface area contributed by atoms with E-state index in [-0.39, 0.29) is 23.4 Å². The van der Waals surface area contributed by atoms with Crippen molar-refractivity contribution in [3.63, 3.8) is 0 Å². The highest BCUT2D eigenvalue weighted by Crippen LogP contribution is 2.21. The number of aromatic nitrogens is 5. The summed E-state index contributed by atoms with van der Waals surface area (Å²) in [7, 11) is 3.00. The molecule has 11 heteroatoms. The third-order valence-electron chi connectivity index (χ3n) is 6.19. The summed E-state index contributed by atoms with van der Waals surface area (Å²) in [5.74, 6) is 0.441. The van der Waals surface area contributed by atoms with Gasteiger partial charge in [0.1, 0.15) is 0 Å². The van der Waals surface area contributed by atoms with Crippen LogP contribution in [0.5, 0.6) is 0 Å². The van der Waals surface area contributed by atoms with E-state index in [1.807, 2.05) is 24.4 Å². The molecule has 3 aromatic heterocycles. The number of nitrogens with zero attached hydrogens (tertiary/aromatic N) is 5. The number of aryl methyl sites for hydroxylation is 1. The highest BCUT2D eigenvalue weighted by atomic mass is 16.6. The lowest BCUT2D eigenvalue weighted by Crippen LogP contribution is -2.37. The van der Waals surface area contributed by atoms with E-state index in [0.717, 1.165) is 26.6 Å². The zero-order chi connectivity index (χ0) is 24.7. The maximum atomic E-state index is 13.0. The molecule has 0 fully saturated rings.